The summed E-state index contributed by atoms with van der Waals surface area (Å²) < 4.78 is 13.1. The van der Waals surface area contributed by atoms with E-state index in [1.54, 1.807) is 6.07 Å². The first kappa shape index (κ1) is 7.31. The topological polar surface area (TPSA) is 41.8 Å². The van der Waals surface area contributed by atoms with E-state index >= 15 is 0 Å². The van der Waals surface area contributed by atoms with Crippen molar-refractivity contribution in [1.82, 2.24) is 4.98 Å². The summed E-state index contributed by atoms with van der Waals surface area (Å²) in [6.07, 6.45) is 0. The number of fused-ring (bicyclic) bond motifs is 1. The molecule has 0 fully saturated rings. The Kier molecular flexibility index (Phi) is 1.59. The molecule has 0 spiro atoms. The molecule has 62 valence electrons. The molecule has 0 radical (unpaired) electrons. The number of para-hydroxylation sites is 1. The van der Waals surface area contributed by atoms with Crippen LogP contribution < -0.4 is 5.73 Å². The second-order valence-corrected chi connectivity index (χ2v) is 2.70. The molecule has 12 heavy (non-hydrogen) atoms. The van der Waals surface area contributed by atoms with E-state index in [2.05, 4.69) is 4.98 Å². The Hall–Kier alpha value is -1.35. The zero-order valence-electron chi connectivity index (χ0n) is 6.47. The lowest BCUT2D eigenvalue weighted by atomic mass is 10.2. The van der Waals surface area contributed by atoms with E-state index in [0.29, 0.717) is 12.1 Å². The highest BCUT2D eigenvalue weighted by atomic mass is 19.1. The van der Waals surface area contributed by atoms with Crippen molar-refractivity contribution in [3.63, 3.8) is 0 Å². The normalized spacial score (nSPS) is 10.8. The quantitative estimate of drug-likeness (QED) is 0.662. The molecule has 3 heteroatoms. The standard InChI is InChI=1S/C9H9FN2/c10-8-3-1-2-6-4-7(5-11)12-9(6)8/h1-4,12H,5,11H2. The molecule has 2 rings (SSSR count). The van der Waals surface area contributed by atoms with Crippen molar-refractivity contribution in [3.05, 3.63) is 35.8 Å². The van der Waals surface area contributed by atoms with Gasteiger partial charge in [0.15, 0.2) is 0 Å². The zero-order valence-corrected chi connectivity index (χ0v) is 6.47. The van der Waals surface area contributed by atoms with E-state index in [1.165, 1.54) is 6.07 Å². The van der Waals surface area contributed by atoms with Crippen LogP contribution in [0, 0.1) is 5.82 Å². The molecule has 0 amide bonds. The van der Waals surface area contributed by atoms with Gasteiger partial charge in [-0.1, -0.05) is 12.1 Å². The molecule has 1 heterocycles. The molecule has 3 N–H and O–H groups in total. The fourth-order valence-corrected chi connectivity index (χ4v) is 1.29. The highest BCUT2D eigenvalue weighted by Gasteiger charge is 2.02. The van der Waals surface area contributed by atoms with Crippen LogP contribution in [0.15, 0.2) is 24.3 Å². The van der Waals surface area contributed by atoms with Gasteiger partial charge in [0, 0.05) is 17.6 Å². The molecule has 1 aromatic carbocycles. The molecule has 0 unspecified atom stereocenters. The largest absolute Gasteiger partial charge is 0.355 e. The van der Waals surface area contributed by atoms with Gasteiger partial charge in [-0.15, -0.1) is 0 Å². The van der Waals surface area contributed by atoms with Crippen LogP contribution in [0.3, 0.4) is 0 Å². The zero-order chi connectivity index (χ0) is 8.55. The van der Waals surface area contributed by atoms with Crippen LogP contribution in [0.2, 0.25) is 0 Å². The van der Waals surface area contributed by atoms with Gasteiger partial charge >= 0.3 is 0 Å². The Morgan fingerprint density at radius 2 is 2.25 bits per heavy atom. The number of H-pyrrole nitrogens is 1. The molecule has 2 aromatic rings. The maximum absolute atomic E-state index is 13.1. The van der Waals surface area contributed by atoms with Crippen molar-refractivity contribution >= 4 is 10.9 Å². The van der Waals surface area contributed by atoms with Gasteiger partial charge in [-0.2, -0.15) is 0 Å². The van der Waals surface area contributed by atoms with Crippen LogP contribution in [0.5, 0.6) is 0 Å². The van der Waals surface area contributed by atoms with Gasteiger partial charge in [0.05, 0.1) is 5.52 Å². The minimum atomic E-state index is -0.229. The molecule has 0 saturated carbocycles. The average molecular weight is 164 g/mol. The van der Waals surface area contributed by atoms with Crippen molar-refractivity contribution in [3.8, 4) is 0 Å². The fraction of sp³-hybridized carbons (Fsp3) is 0.111. The van der Waals surface area contributed by atoms with Gasteiger partial charge in [-0.25, -0.2) is 4.39 Å². The van der Waals surface area contributed by atoms with Crippen molar-refractivity contribution in [2.75, 3.05) is 0 Å². The fourth-order valence-electron chi connectivity index (χ4n) is 1.29. The lowest BCUT2D eigenvalue weighted by Gasteiger charge is -1.89. The number of hydrogen-bond donors (Lipinski definition) is 2. The first-order valence-electron chi connectivity index (χ1n) is 3.77. The molecule has 0 saturated heterocycles. The van der Waals surface area contributed by atoms with E-state index in [4.69, 9.17) is 5.73 Å². The van der Waals surface area contributed by atoms with Crippen LogP contribution >= 0.6 is 0 Å². The lowest BCUT2D eigenvalue weighted by molar-refractivity contribution is 0.637. The number of benzene rings is 1. The molecule has 0 aliphatic carbocycles. The summed E-state index contributed by atoms with van der Waals surface area (Å²) in [6, 6.07) is 6.83. The first-order valence-corrected chi connectivity index (χ1v) is 3.77. The predicted octanol–water partition coefficient (Wildman–Crippen LogP) is 1.77. The number of aromatic nitrogens is 1. The van der Waals surface area contributed by atoms with E-state index < -0.39 is 0 Å². The minimum Gasteiger partial charge on any atom is -0.355 e. The van der Waals surface area contributed by atoms with Crippen molar-refractivity contribution in [2.45, 2.75) is 6.54 Å². The molecular formula is C9H9FN2. The van der Waals surface area contributed by atoms with Gasteiger partial charge in [-0.3, -0.25) is 0 Å². The van der Waals surface area contributed by atoms with Gasteiger partial charge in [0.1, 0.15) is 5.82 Å². The highest BCUT2D eigenvalue weighted by molar-refractivity contribution is 5.80. The summed E-state index contributed by atoms with van der Waals surface area (Å²) in [7, 11) is 0. The third-order valence-corrected chi connectivity index (χ3v) is 1.88. The Balaban J connectivity index is 2.74. The SMILES string of the molecule is NCc1cc2cccc(F)c2[nH]1. The maximum atomic E-state index is 13.1. The average Bonchev–Trinajstić information content (AvgIpc) is 2.49. The summed E-state index contributed by atoms with van der Waals surface area (Å²) in [5, 5.41) is 0.871. The van der Waals surface area contributed by atoms with Gasteiger partial charge < -0.3 is 10.7 Å². The Morgan fingerprint density at radius 3 is 2.92 bits per heavy atom. The molecule has 0 aliphatic heterocycles. The third-order valence-electron chi connectivity index (χ3n) is 1.88. The summed E-state index contributed by atoms with van der Waals surface area (Å²) >= 11 is 0. The number of halogens is 1. The van der Waals surface area contributed by atoms with Crippen molar-refractivity contribution < 1.29 is 4.39 Å². The summed E-state index contributed by atoms with van der Waals surface area (Å²) in [5.41, 5.74) is 6.81. The predicted molar refractivity (Wildman–Crippen MR) is 46.1 cm³/mol. The van der Waals surface area contributed by atoms with Crippen molar-refractivity contribution in [1.29, 1.82) is 0 Å². The van der Waals surface area contributed by atoms with E-state index in [9.17, 15) is 4.39 Å². The van der Waals surface area contributed by atoms with Gasteiger partial charge in [-0.05, 0) is 12.1 Å². The van der Waals surface area contributed by atoms with Crippen LogP contribution in [0.4, 0.5) is 4.39 Å². The maximum Gasteiger partial charge on any atom is 0.147 e. The Labute approximate surface area is 69.2 Å². The number of rotatable bonds is 1. The summed E-state index contributed by atoms with van der Waals surface area (Å²) in [6.45, 7) is 0.411. The van der Waals surface area contributed by atoms with E-state index in [-0.39, 0.29) is 5.82 Å². The second-order valence-electron chi connectivity index (χ2n) is 2.70. The number of nitrogens with one attached hydrogen (secondary N) is 1. The summed E-state index contributed by atoms with van der Waals surface area (Å²) in [4.78, 5) is 2.91. The molecule has 0 atom stereocenters. The minimum absolute atomic E-state index is 0.229. The van der Waals surface area contributed by atoms with Crippen molar-refractivity contribution in [2.24, 2.45) is 5.73 Å². The van der Waals surface area contributed by atoms with Gasteiger partial charge in [0.25, 0.3) is 0 Å². The molecule has 2 nitrogen and oxygen atoms in total. The van der Waals surface area contributed by atoms with Crippen LogP contribution in [0.1, 0.15) is 5.69 Å². The Morgan fingerprint density at radius 1 is 1.42 bits per heavy atom. The molecular weight excluding hydrogens is 155 g/mol. The second kappa shape index (κ2) is 2.60. The highest BCUT2D eigenvalue weighted by Crippen LogP contribution is 2.17. The number of nitrogens with two attached hydrogens (primary N) is 1. The molecule has 1 aromatic heterocycles. The smallest absolute Gasteiger partial charge is 0.147 e. The molecule has 0 bridgehead atoms. The van der Waals surface area contributed by atoms with Crippen LogP contribution in [0.25, 0.3) is 10.9 Å². The summed E-state index contributed by atoms with van der Waals surface area (Å²) in [5.74, 6) is -0.229. The van der Waals surface area contributed by atoms with Gasteiger partial charge in [0.2, 0.25) is 0 Å². The third kappa shape index (κ3) is 0.987. The van der Waals surface area contributed by atoms with Crippen LogP contribution in [-0.2, 0) is 6.54 Å². The van der Waals surface area contributed by atoms with E-state index in [0.717, 1.165) is 11.1 Å². The van der Waals surface area contributed by atoms with Crippen LogP contribution in [-0.4, -0.2) is 4.98 Å². The number of hydrogen-bond acceptors (Lipinski definition) is 1. The monoisotopic (exact) mass is 164 g/mol. The Bertz CT molecular complexity index is 406. The number of aromatic amines is 1. The van der Waals surface area contributed by atoms with E-state index in [1.807, 2.05) is 12.1 Å². The first-order chi connectivity index (χ1) is 5.81. The lowest BCUT2D eigenvalue weighted by Crippen LogP contribution is -1.95. The molecule has 0 aliphatic rings.